The van der Waals surface area contributed by atoms with Crippen molar-refractivity contribution in [1.82, 2.24) is 0 Å². The molecular formula is C13H7Br2ClO. The number of halogens is 3. The number of rotatable bonds is 2. The third-order valence-electron chi connectivity index (χ3n) is 2.30. The second kappa shape index (κ2) is 5.34. The molecule has 17 heavy (non-hydrogen) atoms. The fraction of sp³-hybridized carbons (Fsp3) is 0. The Morgan fingerprint density at radius 2 is 1.65 bits per heavy atom. The smallest absolute Gasteiger partial charge is 0.194 e. The normalized spacial score (nSPS) is 10.3. The van der Waals surface area contributed by atoms with Crippen molar-refractivity contribution in [3.63, 3.8) is 0 Å². The van der Waals surface area contributed by atoms with Crippen molar-refractivity contribution in [1.29, 1.82) is 0 Å². The van der Waals surface area contributed by atoms with E-state index in [2.05, 4.69) is 31.9 Å². The van der Waals surface area contributed by atoms with E-state index in [1.807, 2.05) is 12.1 Å². The highest BCUT2D eigenvalue weighted by Gasteiger charge is 2.14. The molecule has 0 saturated heterocycles. The number of benzene rings is 2. The van der Waals surface area contributed by atoms with Gasteiger partial charge in [-0.3, -0.25) is 4.79 Å². The molecule has 0 saturated carbocycles. The number of carbonyl (C=O) groups excluding carboxylic acids is 1. The summed E-state index contributed by atoms with van der Waals surface area (Å²) >= 11 is 12.7. The fourth-order valence-electron chi connectivity index (χ4n) is 1.44. The average Bonchev–Trinajstić information content (AvgIpc) is 2.33. The van der Waals surface area contributed by atoms with Crippen molar-refractivity contribution >= 4 is 49.2 Å². The molecule has 2 rings (SSSR count). The molecule has 0 fully saturated rings. The van der Waals surface area contributed by atoms with Crippen LogP contribution in [0, 0.1) is 0 Å². The lowest BCUT2D eigenvalue weighted by molar-refractivity contribution is 0.103. The zero-order chi connectivity index (χ0) is 12.4. The van der Waals surface area contributed by atoms with Crippen molar-refractivity contribution < 1.29 is 4.79 Å². The molecule has 0 spiro atoms. The average molecular weight is 374 g/mol. The number of carbonyl (C=O) groups is 1. The highest BCUT2D eigenvalue weighted by molar-refractivity contribution is 9.10. The highest BCUT2D eigenvalue weighted by Crippen LogP contribution is 2.28. The van der Waals surface area contributed by atoms with Gasteiger partial charge in [0, 0.05) is 20.1 Å². The number of ketones is 1. The van der Waals surface area contributed by atoms with Crippen LogP contribution in [0.4, 0.5) is 0 Å². The highest BCUT2D eigenvalue weighted by atomic mass is 79.9. The van der Waals surface area contributed by atoms with Crippen LogP contribution in [0.2, 0.25) is 5.02 Å². The molecule has 0 aliphatic carbocycles. The molecule has 0 unspecified atom stereocenters. The van der Waals surface area contributed by atoms with Gasteiger partial charge >= 0.3 is 0 Å². The molecule has 0 amide bonds. The summed E-state index contributed by atoms with van der Waals surface area (Å²) in [7, 11) is 0. The standard InChI is InChI=1S/C13H7Br2ClO/c14-9-6-4-8(5-7-9)13(17)10-2-1-3-11(15)12(10)16/h1-7H. The van der Waals surface area contributed by atoms with Gasteiger partial charge in [0.25, 0.3) is 0 Å². The van der Waals surface area contributed by atoms with Crippen molar-refractivity contribution in [2.45, 2.75) is 0 Å². The van der Waals surface area contributed by atoms with Gasteiger partial charge in [0.05, 0.1) is 5.02 Å². The first-order valence-corrected chi connectivity index (χ1v) is 6.80. The Labute approximate surface area is 121 Å². The SMILES string of the molecule is O=C(c1ccc(Br)cc1)c1cccc(Br)c1Cl. The van der Waals surface area contributed by atoms with Crippen molar-refractivity contribution in [3.05, 3.63) is 67.6 Å². The van der Waals surface area contributed by atoms with Crippen LogP contribution in [0.3, 0.4) is 0 Å². The van der Waals surface area contributed by atoms with Gasteiger partial charge in [0.15, 0.2) is 5.78 Å². The van der Waals surface area contributed by atoms with Gasteiger partial charge in [0.2, 0.25) is 0 Å². The van der Waals surface area contributed by atoms with Crippen molar-refractivity contribution in [3.8, 4) is 0 Å². The number of hydrogen-bond acceptors (Lipinski definition) is 1. The quantitative estimate of drug-likeness (QED) is 0.669. The molecule has 0 atom stereocenters. The third kappa shape index (κ3) is 2.79. The molecule has 0 aliphatic rings. The molecule has 0 aromatic heterocycles. The molecule has 2 aromatic rings. The van der Waals surface area contributed by atoms with E-state index in [0.29, 0.717) is 16.1 Å². The summed E-state index contributed by atoms with van der Waals surface area (Å²) < 4.78 is 1.66. The molecule has 86 valence electrons. The van der Waals surface area contributed by atoms with Crippen LogP contribution in [0.15, 0.2) is 51.4 Å². The van der Waals surface area contributed by atoms with Crippen molar-refractivity contribution in [2.24, 2.45) is 0 Å². The van der Waals surface area contributed by atoms with E-state index in [1.54, 1.807) is 30.3 Å². The van der Waals surface area contributed by atoms with Crippen LogP contribution in [-0.2, 0) is 0 Å². The third-order valence-corrected chi connectivity index (χ3v) is 4.13. The summed E-state index contributed by atoms with van der Waals surface area (Å²) in [6.07, 6.45) is 0. The summed E-state index contributed by atoms with van der Waals surface area (Å²) in [5, 5.41) is 0.445. The predicted molar refractivity (Wildman–Crippen MR) is 76.7 cm³/mol. The maximum absolute atomic E-state index is 12.2. The minimum atomic E-state index is -0.0798. The molecule has 0 N–H and O–H groups in total. The summed E-state index contributed by atoms with van der Waals surface area (Å²) in [5.41, 5.74) is 1.12. The van der Waals surface area contributed by atoms with E-state index in [0.717, 1.165) is 8.95 Å². The van der Waals surface area contributed by atoms with Crippen LogP contribution in [-0.4, -0.2) is 5.78 Å². The molecule has 4 heteroatoms. The molecule has 1 nitrogen and oxygen atoms in total. The Morgan fingerprint density at radius 1 is 1.00 bits per heavy atom. The fourth-order valence-corrected chi connectivity index (χ4v) is 2.28. The summed E-state index contributed by atoms with van der Waals surface area (Å²) in [6.45, 7) is 0. The van der Waals surface area contributed by atoms with E-state index in [4.69, 9.17) is 11.6 Å². The van der Waals surface area contributed by atoms with Crippen LogP contribution in [0.5, 0.6) is 0 Å². The molecule has 0 bridgehead atoms. The summed E-state index contributed by atoms with van der Waals surface area (Å²) in [4.78, 5) is 12.2. The Hall–Kier alpha value is -0.640. The zero-order valence-electron chi connectivity index (χ0n) is 8.58. The van der Waals surface area contributed by atoms with Crippen LogP contribution in [0.1, 0.15) is 15.9 Å². The molecular weight excluding hydrogens is 367 g/mol. The maximum atomic E-state index is 12.2. The second-order valence-corrected chi connectivity index (χ2v) is 5.59. The lowest BCUT2D eigenvalue weighted by atomic mass is 10.0. The second-order valence-electron chi connectivity index (χ2n) is 3.44. The monoisotopic (exact) mass is 372 g/mol. The van der Waals surface area contributed by atoms with Gasteiger partial charge < -0.3 is 0 Å². The van der Waals surface area contributed by atoms with E-state index in [9.17, 15) is 4.79 Å². The Kier molecular flexibility index (Phi) is 4.02. The van der Waals surface area contributed by atoms with E-state index in [-0.39, 0.29) is 5.78 Å². The van der Waals surface area contributed by atoms with Crippen molar-refractivity contribution in [2.75, 3.05) is 0 Å². The molecule has 0 aliphatic heterocycles. The van der Waals surface area contributed by atoms with Crippen LogP contribution >= 0.6 is 43.5 Å². The Bertz CT molecular complexity index is 564. The van der Waals surface area contributed by atoms with E-state index in [1.165, 1.54) is 0 Å². The molecule has 0 heterocycles. The van der Waals surface area contributed by atoms with Gasteiger partial charge in [-0.05, 0) is 52.3 Å². The lowest BCUT2D eigenvalue weighted by Crippen LogP contribution is -2.02. The first kappa shape index (κ1) is 12.8. The minimum Gasteiger partial charge on any atom is -0.289 e. The zero-order valence-corrected chi connectivity index (χ0v) is 12.5. The van der Waals surface area contributed by atoms with E-state index >= 15 is 0 Å². The van der Waals surface area contributed by atoms with Gasteiger partial charge in [-0.15, -0.1) is 0 Å². The Balaban J connectivity index is 2.44. The van der Waals surface area contributed by atoms with Crippen LogP contribution in [0.25, 0.3) is 0 Å². The van der Waals surface area contributed by atoms with Gasteiger partial charge in [-0.2, -0.15) is 0 Å². The predicted octanol–water partition coefficient (Wildman–Crippen LogP) is 5.10. The largest absolute Gasteiger partial charge is 0.289 e. The maximum Gasteiger partial charge on any atom is 0.194 e. The summed E-state index contributed by atoms with van der Waals surface area (Å²) in [6, 6.07) is 12.5. The lowest BCUT2D eigenvalue weighted by Gasteiger charge is -2.05. The van der Waals surface area contributed by atoms with Gasteiger partial charge in [-0.1, -0.05) is 33.6 Å². The van der Waals surface area contributed by atoms with E-state index < -0.39 is 0 Å². The first-order valence-electron chi connectivity index (χ1n) is 4.84. The topological polar surface area (TPSA) is 17.1 Å². The Morgan fingerprint density at radius 3 is 2.29 bits per heavy atom. The molecule has 0 radical (unpaired) electrons. The van der Waals surface area contributed by atoms with Crippen LogP contribution < -0.4 is 0 Å². The van der Waals surface area contributed by atoms with Gasteiger partial charge in [-0.25, -0.2) is 0 Å². The number of hydrogen-bond donors (Lipinski definition) is 0. The summed E-state index contributed by atoms with van der Waals surface area (Å²) in [5.74, 6) is -0.0798. The molecule has 2 aromatic carbocycles. The minimum absolute atomic E-state index is 0.0798. The van der Waals surface area contributed by atoms with Gasteiger partial charge in [0.1, 0.15) is 0 Å². The first-order chi connectivity index (χ1) is 8.09.